The number of rotatable bonds is 4. The molecule has 1 aromatic rings. The molecule has 1 aliphatic carbocycles. The summed E-state index contributed by atoms with van der Waals surface area (Å²) in [6.45, 7) is 2.12. The predicted molar refractivity (Wildman–Crippen MR) is 62.0 cm³/mol. The monoisotopic (exact) mass is 221 g/mol. The molecule has 1 N–H and O–H groups in total. The minimum Gasteiger partial charge on any atom is -0.380 e. The molecule has 4 nitrogen and oxygen atoms in total. The van der Waals surface area contributed by atoms with Crippen molar-refractivity contribution in [2.45, 2.75) is 44.4 Å². The maximum atomic E-state index is 5.46. The van der Waals surface area contributed by atoms with Gasteiger partial charge in [0.05, 0.1) is 11.8 Å². The molecule has 0 spiro atoms. The van der Waals surface area contributed by atoms with Crippen LogP contribution >= 0.6 is 0 Å². The van der Waals surface area contributed by atoms with Gasteiger partial charge in [-0.1, -0.05) is 0 Å². The summed E-state index contributed by atoms with van der Waals surface area (Å²) in [5.74, 6) is 0. The van der Waals surface area contributed by atoms with E-state index in [0.29, 0.717) is 12.1 Å². The van der Waals surface area contributed by atoms with Gasteiger partial charge >= 0.3 is 0 Å². The summed E-state index contributed by atoms with van der Waals surface area (Å²) in [6, 6.07) is 0.677. The Bertz CT molecular complexity index is 317. The Kier molecular flexibility index (Phi) is 3.85. The fourth-order valence-electron chi connectivity index (χ4n) is 2.34. The maximum absolute atomic E-state index is 5.46. The summed E-state index contributed by atoms with van der Waals surface area (Å²) in [7, 11) is 1.79. The molecule has 0 aliphatic heterocycles. The Morgan fingerprint density at radius 2 is 2.31 bits per heavy atom. The summed E-state index contributed by atoms with van der Waals surface area (Å²) >= 11 is 0. The summed E-state index contributed by atoms with van der Waals surface area (Å²) in [6.07, 6.45) is 9.17. The first kappa shape index (κ1) is 11.5. The molecular formula is C12H19N3O. The van der Waals surface area contributed by atoms with Crippen LogP contribution in [0.25, 0.3) is 0 Å². The zero-order valence-corrected chi connectivity index (χ0v) is 9.89. The molecular weight excluding hydrogens is 202 g/mol. The van der Waals surface area contributed by atoms with E-state index in [0.717, 1.165) is 12.1 Å². The third kappa shape index (κ3) is 2.57. The van der Waals surface area contributed by atoms with E-state index in [1.54, 1.807) is 19.5 Å². The Balaban J connectivity index is 1.94. The molecule has 1 aromatic heterocycles. The molecule has 1 aliphatic rings. The third-order valence-electron chi connectivity index (χ3n) is 3.25. The van der Waals surface area contributed by atoms with Crippen molar-refractivity contribution in [2.24, 2.45) is 0 Å². The number of methoxy groups -OCH3 is 1. The fraction of sp³-hybridized carbons (Fsp3) is 0.667. The standard InChI is InChI=1S/C12H19N3O/c1-9(11-8-13-6-7-14-11)15-10-4-3-5-12(10)16-2/h6-10,12,15H,3-5H2,1-2H3. The van der Waals surface area contributed by atoms with E-state index >= 15 is 0 Å². The lowest BCUT2D eigenvalue weighted by Gasteiger charge is -2.23. The van der Waals surface area contributed by atoms with Crippen molar-refractivity contribution in [3.05, 3.63) is 24.3 Å². The van der Waals surface area contributed by atoms with E-state index in [1.165, 1.54) is 12.8 Å². The highest BCUT2D eigenvalue weighted by molar-refractivity contribution is 5.02. The average molecular weight is 221 g/mol. The Morgan fingerprint density at radius 1 is 1.44 bits per heavy atom. The summed E-state index contributed by atoms with van der Waals surface area (Å²) in [5, 5.41) is 3.57. The Hall–Kier alpha value is -1.00. The number of ether oxygens (including phenoxy) is 1. The molecule has 2 rings (SSSR count). The van der Waals surface area contributed by atoms with E-state index in [1.807, 2.05) is 6.20 Å². The van der Waals surface area contributed by atoms with Gasteiger partial charge in [-0.15, -0.1) is 0 Å². The average Bonchev–Trinajstić information content (AvgIpc) is 2.77. The van der Waals surface area contributed by atoms with Gasteiger partial charge in [0.1, 0.15) is 0 Å². The molecule has 0 bridgehead atoms. The van der Waals surface area contributed by atoms with Crippen molar-refractivity contribution in [1.82, 2.24) is 15.3 Å². The second-order valence-electron chi connectivity index (χ2n) is 4.33. The van der Waals surface area contributed by atoms with Crippen molar-refractivity contribution in [3.8, 4) is 0 Å². The largest absolute Gasteiger partial charge is 0.380 e. The molecule has 0 aromatic carbocycles. The van der Waals surface area contributed by atoms with Crippen LogP contribution in [0.5, 0.6) is 0 Å². The predicted octanol–water partition coefficient (Wildman–Crippen LogP) is 1.69. The smallest absolute Gasteiger partial charge is 0.0753 e. The summed E-state index contributed by atoms with van der Waals surface area (Å²) in [5.41, 5.74) is 0.990. The first-order valence-electron chi connectivity index (χ1n) is 5.86. The molecule has 1 fully saturated rings. The molecule has 0 amide bonds. The van der Waals surface area contributed by atoms with E-state index in [9.17, 15) is 0 Å². The van der Waals surface area contributed by atoms with Crippen LogP contribution < -0.4 is 5.32 Å². The number of aromatic nitrogens is 2. The third-order valence-corrected chi connectivity index (χ3v) is 3.25. The second kappa shape index (κ2) is 5.37. The van der Waals surface area contributed by atoms with E-state index in [-0.39, 0.29) is 6.04 Å². The highest BCUT2D eigenvalue weighted by atomic mass is 16.5. The van der Waals surface area contributed by atoms with Crippen LogP contribution in [-0.4, -0.2) is 29.2 Å². The molecule has 88 valence electrons. The minimum atomic E-state index is 0.231. The van der Waals surface area contributed by atoms with E-state index in [4.69, 9.17) is 4.74 Å². The zero-order valence-electron chi connectivity index (χ0n) is 9.89. The van der Waals surface area contributed by atoms with Crippen molar-refractivity contribution in [3.63, 3.8) is 0 Å². The number of nitrogens with zero attached hydrogens (tertiary/aromatic N) is 2. The van der Waals surface area contributed by atoms with Crippen molar-refractivity contribution < 1.29 is 4.74 Å². The van der Waals surface area contributed by atoms with Crippen molar-refractivity contribution >= 4 is 0 Å². The minimum absolute atomic E-state index is 0.231. The van der Waals surface area contributed by atoms with Gasteiger partial charge in [-0.3, -0.25) is 9.97 Å². The molecule has 1 saturated carbocycles. The lowest BCUT2D eigenvalue weighted by Crippen LogP contribution is -2.38. The molecule has 1 heterocycles. The van der Waals surface area contributed by atoms with Crippen LogP contribution in [-0.2, 0) is 4.74 Å². The highest BCUT2D eigenvalue weighted by Crippen LogP contribution is 2.23. The number of nitrogens with one attached hydrogen (secondary N) is 1. The quantitative estimate of drug-likeness (QED) is 0.840. The van der Waals surface area contributed by atoms with Gasteiger partial charge in [0.15, 0.2) is 0 Å². The first-order chi connectivity index (χ1) is 7.81. The van der Waals surface area contributed by atoms with Gasteiger partial charge < -0.3 is 10.1 Å². The SMILES string of the molecule is COC1CCCC1NC(C)c1cnccn1. The second-order valence-corrected chi connectivity index (χ2v) is 4.33. The van der Waals surface area contributed by atoms with Crippen molar-refractivity contribution in [2.75, 3.05) is 7.11 Å². The molecule has 4 heteroatoms. The van der Waals surface area contributed by atoms with Gasteiger partial charge in [-0.05, 0) is 26.2 Å². The first-order valence-corrected chi connectivity index (χ1v) is 5.86. The topological polar surface area (TPSA) is 47.0 Å². The maximum Gasteiger partial charge on any atom is 0.0753 e. The van der Waals surface area contributed by atoms with Gasteiger partial charge in [0.25, 0.3) is 0 Å². The molecule has 3 unspecified atom stereocenters. The lowest BCUT2D eigenvalue weighted by molar-refractivity contribution is 0.0818. The van der Waals surface area contributed by atoms with Gasteiger partial charge in [-0.2, -0.15) is 0 Å². The van der Waals surface area contributed by atoms with Crippen LogP contribution in [0.1, 0.15) is 37.9 Å². The van der Waals surface area contributed by atoms with Crippen LogP contribution in [0.3, 0.4) is 0 Å². The lowest BCUT2D eigenvalue weighted by atomic mass is 10.1. The van der Waals surface area contributed by atoms with Crippen LogP contribution in [0.4, 0.5) is 0 Å². The van der Waals surface area contributed by atoms with Crippen LogP contribution in [0, 0.1) is 0 Å². The summed E-state index contributed by atoms with van der Waals surface area (Å²) < 4.78 is 5.46. The normalized spacial score (nSPS) is 26.9. The molecule has 0 radical (unpaired) electrons. The van der Waals surface area contributed by atoms with Crippen LogP contribution in [0.15, 0.2) is 18.6 Å². The van der Waals surface area contributed by atoms with Gasteiger partial charge in [-0.25, -0.2) is 0 Å². The number of hydrogen-bond donors (Lipinski definition) is 1. The van der Waals surface area contributed by atoms with E-state index < -0.39 is 0 Å². The number of hydrogen-bond acceptors (Lipinski definition) is 4. The fourth-order valence-corrected chi connectivity index (χ4v) is 2.34. The van der Waals surface area contributed by atoms with Gasteiger partial charge in [0.2, 0.25) is 0 Å². The van der Waals surface area contributed by atoms with Crippen molar-refractivity contribution in [1.29, 1.82) is 0 Å². The van der Waals surface area contributed by atoms with Crippen LogP contribution in [0.2, 0.25) is 0 Å². The molecule has 0 saturated heterocycles. The Morgan fingerprint density at radius 3 is 3.00 bits per heavy atom. The van der Waals surface area contributed by atoms with E-state index in [2.05, 4.69) is 22.2 Å². The molecule has 3 atom stereocenters. The molecule has 16 heavy (non-hydrogen) atoms. The Labute approximate surface area is 96.4 Å². The zero-order chi connectivity index (χ0) is 11.4. The summed E-state index contributed by atoms with van der Waals surface area (Å²) in [4.78, 5) is 8.39. The highest BCUT2D eigenvalue weighted by Gasteiger charge is 2.28. The van der Waals surface area contributed by atoms with Gasteiger partial charge in [0, 0.05) is 37.8 Å².